The van der Waals surface area contributed by atoms with E-state index in [-0.39, 0.29) is 12.0 Å². The first-order chi connectivity index (χ1) is 15.6. The molecule has 1 atom stereocenters. The summed E-state index contributed by atoms with van der Waals surface area (Å²) in [5, 5.41) is 13.2. The molecule has 2 aliphatic rings. The van der Waals surface area contributed by atoms with Crippen molar-refractivity contribution in [3.05, 3.63) is 42.0 Å². The van der Waals surface area contributed by atoms with Crippen molar-refractivity contribution >= 4 is 5.71 Å². The zero-order valence-corrected chi connectivity index (χ0v) is 18.8. The lowest BCUT2D eigenvalue weighted by atomic mass is 9.98. The number of ether oxygens (including phenoxy) is 3. The van der Waals surface area contributed by atoms with Crippen molar-refractivity contribution in [1.29, 1.82) is 5.26 Å². The summed E-state index contributed by atoms with van der Waals surface area (Å²) >= 11 is 0. The molecule has 0 aromatic heterocycles. The minimum Gasteiger partial charge on any atom is -0.493 e. The number of methoxy groups -OCH3 is 2. The van der Waals surface area contributed by atoms with Gasteiger partial charge in [-0.3, -0.25) is 4.90 Å². The van der Waals surface area contributed by atoms with E-state index in [1.165, 1.54) is 0 Å². The van der Waals surface area contributed by atoms with Gasteiger partial charge in [-0.25, -0.2) is 0 Å². The number of likely N-dealkylation sites (tertiary alicyclic amines) is 1. The predicted octanol–water partition coefficient (Wildman–Crippen LogP) is 4.26. The summed E-state index contributed by atoms with van der Waals surface area (Å²) in [6.07, 6.45) is 1.65. The van der Waals surface area contributed by atoms with Crippen LogP contribution >= 0.6 is 0 Å². The molecule has 7 nitrogen and oxygen atoms in total. The van der Waals surface area contributed by atoms with Crippen LogP contribution in [0.4, 0.5) is 0 Å². The van der Waals surface area contributed by atoms with Crippen LogP contribution in [0, 0.1) is 17.2 Å². The highest BCUT2D eigenvalue weighted by molar-refractivity contribution is 5.85. The van der Waals surface area contributed by atoms with Gasteiger partial charge in [0.1, 0.15) is 12.4 Å². The number of hydrogen-bond acceptors (Lipinski definition) is 7. The summed E-state index contributed by atoms with van der Waals surface area (Å²) in [5.74, 6) is 2.32. The van der Waals surface area contributed by atoms with E-state index in [0.29, 0.717) is 18.1 Å². The lowest BCUT2D eigenvalue weighted by molar-refractivity contribution is 0.0461. The molecule has 2 aromatic carbocycles. The van der Waals surface area contributed by atoms with Gasteiger partial charge in [-0.05, 0) is 30.2 Å². The average Bonchev–Trinajstić information content (AvgIpc) is 3.27. The van der Waals surface area contributed by atoms with Crippen molar-refractivity contribution in [3.63, 3.8) is 0 Å². The maximum atomic E-state index is 9.12. The second kappa shape index (κ2) is 9.92. The SMILES string of the molecule is CCC1=NOC(COc2ccc(-c3cccc(OC)c3OC)cc2CN2CC(C#N)C2)C1. The number of nitriles is 1. The first-order valence-electron chi connectivity index (χ1n) is 11.0. The normalized spacial score (nSPS) is 18.3. The summed E-state index contributed by atoms with van der Waals surface area (Å²) in [6, 6.07) is 14.4. The van der Waals surface area contributed by atoms with E-state index in [4.69, 9.17) is 24.3 Å². The topological polar surface area (TPSA) is 76.3 Å². The van der Waals surface area contributed by atoms with Crippen LogP contribution in [0.15, 0.2) is 41.6 Å². The van der Waals surface area contributed by atoms with Crippen molar-refractivity contribution in [1.82, 2.24) is 4.90 Å². The molecule has 1 unspecified atom stereocenters. The Hall–Kier alpha value is -3.24. The van der Waals surface area contributed by atoms with Crippen LogP contribution in [0.25, 0.3) is 11.1 Å². The third kappa shape index (κ3) is 4.66. The third-order valence-electron chi connectivity index (χ3n) is 5.94. The molecule has 0 aliphatic carbocycles. The van der Waals surface area contributed by atoms with E-state index in [9.17, 15) is 0 Å². The molecular weight excluding hydrogens is 406 g/mol. The van der Waals surface area contributed by atoms with Crippen LogP contribution < -0.4 is 14.2 Å². The van der Waals surface area contributed by atoms with Gasteiger partial charge in [0.2, 0.25) is 0 Å². The number of hydrogen-bond donors (Lipinski definition) is 0. The minimum absolute atomic E-state index is 0.0528. The molecule has 168 valence electrons. The van der Waals surface area contributed by atoms with Crippen LogP contribution in [0.3, 0.4) is 0 Å². The summed E-state index contributed by atoms with van der Waals surface area (Å²) in [6.45, 7) is 4.80. The molecule has 0 radical (unpaired) electrons. The van der Waals surface area contributed by atoms with Gasteiger partial charge in [0.05, 0.1) is 31.9 Å². The molecule has 7 heteroatoms. The number of nitrogens with zero attached hydrogens (tertiary/aromatic N) is 3. The van der Waals surface area contributed by atoms with E-state index in [0.717, 1.165) is 60.6 Å². The summed E-state index contributed by atoms with van der Waals surface area (Å²) < 4.78 is 17.3. The second-order valence-electron chi connectivity index (χ2n) is 8.14. The summed E-state index contributed by atoms with van der Waals surface area (Å²) in [4.78, 5) is 7.75. The Labute approximate surface area is 189 Å². The molecule has 2 aromatic rings. The third-order valence-corrected chi connectivity index (χ3v) is 5.94. The van der Waals surface area contributed by atoms with E-state index in [1.54, 1.807) is 14.2 Å². The number of oxime groups is 1. The Morgan fingerprint density at radius 2 is 2.00 bits per heavy atom. The molecule has 4 rings (SSSR count). The fourth-order valence-electron chi connectivity index (χ4n) is 4.11. The van der Waals surface area contributed by atoms with Crippen LogP contribution in [-0.2, 0) is 11.4 Å². The Kier molecular flexibility index (Phi) is 6.81. The zero-order valence-electron chi connectivity index (χ0n) is 18.8. The zero-order chi connectivity index (χ0) is 22.5. The first-order valence-corrected chi connectivity index (χ1v) is 11.0. The molecular formula is C25H29N3O4. The maximum Gasteiger partial charge on any atom is 0.168 e. The van der Waals surface area contributed by atoms with Crippen molar-refractivity contribution in [2.75, 3.05) is 33.9 Å². The monoisotopic (exact) mass is 435 g/mol. The van der Waals surface area contributed by atoms with Crippen LogP contribution in [-0.4, -0.2) is 50.6 Å². The predicted molar refractivity (Wildman–Crippen MR) is 122 cm³/mol. The maximum absolute atomic E-state index is 9.12. The summed E-state index contributed by atoms with van der Waals surface area (Å²) in [5.41, 5.74) is 4.12. The number of para-hydroxylation sites is 1. The Balaban J connectivity index is 1.57. The highest BCUT2D eigenvalue weighted by atomic mass is 16.7. The van der Waals surface area contributed by atoms with Crippen molar-refractivity contribution in [3.8, 4) is 34.4 Å². The van der Waals surface area contributed by atoms with Gasteiger partial charge in [0.15, 0.2) is 17.6 Å². The molecule has 0 saturated carbocycles. The van der Waals surface area contributed by atoms with Gasteiger partial charge in [0, 0.05) is 37.2 Å². The minimum atomic E-state index is -0.0528. The molecule has 0 bridgehead atoms. The average molecular weight is 436 g/mol. The lowest BCUT2D eigenvalue weighted by Gasteiger charge is -2.35. The Morgan fingerprint density at radius 3 is 2.69 bits per heavy atom. The van der Waals surface area contributed by atoms with Crippen molar-refractivity contribution < 1.29 is 19.0 Å². The molecule has 2 aliphatic heterocycles. The van der Waals surface area contributed by atoms with Gasteiger partial charge in [0.25, 0.3) is 0 Å². The smallest absolute Gasteiger partial charge is 0.168 e. The lowest BCUT2D eigenvalue weighted by Crippen LogP contribution is -2.45. The largest absolute Gasteiger partial charge is 0.493 e. The fraction of sp³-hybridized carbons (Fsp3) is 0.440. The fourth-order valence-corrected chi connectivity index (χ4v) is 4.11. The standard InChI is InChI=1S/C25H29N3O4/c1-4-20-11-21(32-27-20)16-31-23-9-8-18(10-19(23)15-28-13-17(12-26)14-28)22-6-5-7-24(29-2)25(22)30-3/h5-10,17,21H,4,11,13-16H2,1-3H3. The molecule has 0 amide bonds. The van der Waals surface area contributed by atoms with Crippen LogP contribution in [0.1, 0.15) is 25.3 Å². The molecule has 0 N–H and O–H groups in total. The molecule has 2 heterocycles. The van der Waals surface area contributed by atoms with Crippen molar-refractivity contribution in [2.24, 2.45) is 11.1 Å². The quantitative estimate of drug-likeness (QED) is 0.586. The van der Waals surface area contributed by atoms with E-state index < -0.39 is 0 Å². The van der Waals surface area contributed by atoms with Crippen LogP contribution in [0.2, 0.25) is 0 Å². The summed E-state index contributed by atoms with van der Waals surface area (Å²) in [7, 11) is 3.29. The Morgan fingerprint density at radius 1 is 1.16 bits per heavy atom. The molecule has 32 heavy (non-hydrogen) atoms. The molecule has 1 saturated heterocycles. The highest BCUT2D eigenvalue weighted by Crippen LogP contribution is 2.39. The first kappa shape index (κ1) is 22.0. The number of benzene rings is 2. The second-order valence-corrected chi connectivity index (χ2v) is 8.14. The molecule has 0 spiro atoms. The van der Waals surface area contributed by atoms with Gasteiger partial charge in [-0.2, -0.15) is 5.26 Å². The van der Waals surface area contributed by atoms with Crippen molar-refractivity contribution in [2.45, 2.75) is 32.4 Å². The number of rotatable bonds is 9. The van der Waals surface area contributed by atoms with Gasteiger partial charge < -0.3 is 19.0 Å². The van der Waals surface area contributed by atoms with Gasteiger partial charge >= 0.3 is 0 Å². The van der Waals surface area contributed by atoms with Gasteiger partial charge in [-0.1, -0.05) is 30.3 Å². The van der Waals surface area contributed by atoms with Gasteiger partial charge in [-0.15, -0.1) is 0 Å². The van der Waals surface area contributed by atoms with E-state index >= 15 is 0 Å². The highest BCUT2D eigenvalue weighted by Gasteiger charge is 2.28. The Bertz CT molecular complexity index is 1020. The van der Waals surface area contributed by atoms with E-state index in [1.807, 2.05) is 30.3 Å². The van der Waals surface area contributed by atoms with Crippen LogP contribution in [0.5, 0.6) is 17.2 Å². The van der Waals surface area contributed by atoms with E-state index in [2.05, 4.69) is 29.1 Å². The molecule has 1 fully saturated rings.